The first kappa shape index (κ1) is 23.9. The molecule has 0 radical (unpaired) electrons. The van der Waals surface area contributed by atoms with E-state index in [0.29, 0.717) is 0 Å². The Morgan fingerprint density at radius 3 is 2.46 bits per heavy atom. The Balaban J connectivity index is 1.81. The van der Waals surface area contributed by atoms with Gasteiger partial charge in [0.25, 0.3) is 11.8 Å². The van der Waals surface area contributed by atoms with Gasteiger partial charge in [-0.3, -0.25) is 14.3 Å². The van der Waals surface area contributed by atoms with E-state index in [1.54, 1.807) is 18.2 Å². The molecule has 3 N–H and O–H groups in total. The minimum absolute atomic E-state index is 0.0378. The molecule has 35 heavy (non-hydrogen) atoms. The number of nitrogens with zero attached hydrogens (tertiary/aromatic N) is 3. The predicted molar refractivity (Wildman–Crippen MR) is 120 cm³/mol. The number of nitrogens with one attached hydrogen (secondary N) is 1. The van der Waals surface area contributed by atoms with Crippen LogP contribution in [0, 0.1) is 19.7 Å². The zero-order valence-corrected chi connectivity index (χ0v) is 18.6. The van der Waals surface area contributed by atoms with Crippen LogP contribution in [0.5, 0.6) is 0 Å². The van der Waals surface area contributed by atoms with Gasteiger partial charge in [0.15, 0.2) is 5.69 Å². The van der Waals surface area contributed by atoms with Crippen LogP contribution < -0.4 is 11.1 Å². The lowest BCUT2D eigenvalue weighted by Gasteiger charge is -2.12. The number of aryl methyl sites for hydroxylation is 1. The molecule has 0 unspecified atom stereocenters. The number of carbonyl (C=O) groups excluding carboxylic acids is 2. The summed E-state index contributed by atoms with van der Waals surface area (Å²) >= 11 is 0. The molecule has 2 aromatic carbocycles. The second kappa shape index (κ2) is 8.82. The Morgan fingerprint density at radius 1 is 1.09 bits per heavy atom. The van der Waals surface area contributed by atoms with Crippen LogP contribution in [0.2, 0.25) is 0 Å². The number of aromatic nitrogens is 3. The molecule has 4 aromatic rings. The lowest BCUT2D eigenvalue weighted by Crippen LogP contribution is -2.20. The first-order valence-electron chi connectivity index (χ1n) is 10.4. The summed E-state index contributed by atoms with van der Waals surface area (Å²) in [5.41, 5.74) is 4.28. The molecule has 0 aliphatic carbocycles. The summed E-state index contributed by atoms with van der Waals surface area (Å²) in [4.78, 5) is 28.8. The van der Waals surface area contributed by atoms with Crippen molar-refractivity contribution < 1.29 is 27.2 Å². The van der Waals surface area contributed by atoms with Gasteiger partial charge in [0, 0.05) is 5.39 Å². The highest BCUT2D eigenvalue weighted by molar-refractivity contribution is 6.14. The van der Waals surface area contributed by atoms with Crippen LogP contribution in [-0.4, -0.2) is 26.6 Å². The summed E-state index contributed by atoms with van der Waals surface area (Å²) < 4.78 is 57.2. The number of rotatable bonds is 5. The smallest absolute Gasteiger partial charge is 0.364 e. The number of hydrogen-bond acceptors (Lipinski definition) is 4. The minimum atomic E-state index is -4.88. The standard InChI is InChI=1S/C24H19F4N5O2/c1-12-6-3-4-7-14(12)11-33-13(2)20(21(32-33)24(26,27)28)31-23(35)15-10-18(22(29)34)30-17-9-5-8-16(25)19(15)17/h3-10H,11H2,1-2H3,(H2,29,34)(H,31,35). The molecule has 0 aliphatic rings. The normalized spacial score (nSPS) is 11.6. The molecule has 2 aromatic heterocycles. The van der Waals surface area contributed by atoms with Crippen molar-refractivity contribution in [3.8, 4) is 0 Å². The lowest BCUT2D eigenvalue weighted by molar-refractivity contribution is -0.140. The lowest BCUT2D eigenvalue weighted by atomic mass is 10.1. The van der Waals surface area contributed by atoms with E-state index >= 15 is 0 Å². The van der Waals surface area contributed by atoms with Gasteiger partial charge in [-0.1, -0.05) is 30.3 Å². The van der Waals surface area contributed by atoms with Crippen LogP contribution in [0.1, 0.15) is 43.4 Å². The maximum atomic E-state index is 14.6. The topological polar surface area (TPSA) is 103 Å². The van der Waals surface area contributed by atoms with Crippen LogP contribution in [0.4, 0.5) is 23.2 Å². The van der Waals surface area contributed by atoms with Gasteiger partial charge < -0.3 is 11.1 Å². The van der Waals surface area contributed by atoms with E-state index in [0.717, 1.165) is 27.9 Å². The number of pyridine rings is 1. The van der Waals surface area contributed by atoms with Crippen LogP contribution in [0.3, 0.4) is 0 Å². The zero-order valence-electron chi connectivity index (χ0n) is 18.6. The van der Waals surface area contributed by atoms with E-state index in [4.69, 9.17) is 5.73 Å². The third-order valence-electron chi connectivity index (χ3n) is 5.57. The highest BCUT2D eigenvalue weighted by Gasteiger charge is 2.39. The molecule has 0 spiro atoms. The van der Waals surface area contributed by atoms with E-state index in [-0.39, 0.29) is 34.4 Å². The Kier molecular flexibility index (Phi) is 6.01. The fourth-order valence-corrected chi connectivity index (χ4v) is 3.73. The number of benzene rings is 2. The number of primary amides is 1. The number of nitrogens with two attached hydrogens (primary N) is 1. The van der Waals surface area contributed by atoms with Crippen molar-refractivity contribution in [2.75, 3.05) is 5.32 Å². The highest BCUT2D eigenvalue weighted by atomic mass is 19.4. The fraction of sp³-hybridized carbons (Fsp3) is 0.167. The van der Waals surface area contributed by atoms with Crippen LogP contribution in [0.25, 0.3) is 10.9 Å². The summed E-state index contributed by atoms with van der Waals surface area (Å²) in [5.74, 6) is -2.89. The molecule has 2 heterocycles. The second-order valence-electron chi connectivity index (χ2n) is 7.90. The van der Waals surface area contributed by atoms with Gasteiger partial charge in [-0.25, -0.2) is 9.37 Å². The van der Waals surface area contributed by atoms with Crippen molar-refractivity contribution in [3.05, 3.63) is 88.1 Å². The Morgan fingerprint density at radius 2 is 1.80 bits per heavy atom. The van der Waals surface area contributed by atoms with Gasteiger partial charge in [-0.05, 0) is 43.2 Å². The van der Waals surface area contributed by atoms with Crippen molar-refractivity contribution in [3.63, 3.8) is 0 Å². The number of anilines is 1. The molecule has 2 amide bonds. The first-order valence-corrected chi connectivity index (χ1v) is 10.4. The van der Waals surface area contributed by atoms with Crippen molar-refractivity contribution >= 4 is 28.4 Å². The summed E-state index contributed by atoms with van der Waals surface area (Å²) in [6.45, 7) is 3.24. The van der Waals surface area contributed by atoms with E-state index < -0.39 is 35.2 Å². The van der Waals surface area contributed by atoms with Gasteiger partial charge in [0.1, 0.15) is 11.5 Å². The average Bonchev–Trinajstić information content (AvgIpc) is 3.10. The number of fused-ring (bicyclic) bond motifs is 1. The van der Waals surface area contributed by atoms with Crippen molar-refractivity contribution in [2.45, 2.75) is 26.6 Å². The summed E-state index contributed by atoms with van der Waals surface area (Å²) in [6.07, 6.45) is -4.88. The first-order chi connectivity index (χ1) is 16.5. The third-order valence-corrected chi connectivity index (χ3v) is 5.57. The minimum Gasteiger partial charge on any atom is -0.364 e. The SMILES string of the molecule is Cc1ccccc1Cn1nc(C(F)(F)F)c(NC(=O)c2cc(C(N)=O)nc3cccc(F)c23)c1C. The molecule has 0 aliphatic heterocycles. The molecule has 180 valence electrons. The highest BCUT2D eigenvalue weighted by Crippen LogP contribution is 2.36. The molecular formula is C24H19F4N5O2. The quantitative estimate of drug-likeness (QED) is 0.403. The van der Waals surface area contributed by atoms with Gasteiger partial charge in [0.05, 0.1) is 29.0 Å². The number of carbonyl (C=O) groups is 2. The molecule has 0 saturated carbocycles. The largest absolute Gasteiger partial charge is 0.437 e. The monoisotopic (exact) mass is 485 g/mol. The number of alkyl halides is 3. The van der Waals surface area contributed by atoms with E-state index in [2.05, 4.69) is 15.4 Å². The van der Waals surface area contributed by atoms with Crippen LogP contribution in [0.15, 0.2) is 48.5 Å². The molecule has 4 rings (SSSR count). The van der Waals surface area contributed by atoms with Gasteiger partial charge in [0.2, 0.25) is 0 Å². The molecule has 11 heteroatoms. The van der Waals surface area contributed by atoms with Crippen LogP contribution >= 0.6 is 0 Å². The molecule has 0 bridgehead atoms. The van der Waals surface area contributed by atoms with E-state index in [1.165, 1.54) is 19.1 Å². The molecule has 0 fully saturated rings. The average molecular weight is 485 g/mol. The van der Waals surface area contributed by atoms with Gasteiger partial charge >= 0.3 is 6.18 Å². The fourth-order valence-electron chi connectivity index (χ4n) is 3.73. The molecule has 0 saturated heterocycles. The number of amides is 2. The summed E-state index contributed by atoms with van der Waals surface area (Å²) in [6, 6.07) is 11.8. The van der Waals surface area contributed by atoms with Crippen LogP contribution in [-0.2, 0) is 12.7 Å². The summed E-state index contributed by atoms with van der Waals surface area (Å²) in [5, 5.41) is 5.67. The van der Waals surface area contributed by atoms with Crippen molar-refractivity contribution in [1.29, 1.82) is 0 Å². The maximum absolute atomic E-state index is 14.6. The summed E-state index contributed by atoms with van der Waals surface area (Å²) in [7, 11) is 0. The predicted octanol–water partition coefficient (Wildman–Crippen LogP) is 4.61. The maximum Gasteiger partial charge on any atom is 0.437 e. The molecule has 7 nitrogen and oxygen atoms in total. The van der Waals surface area contributed by atoms with Gasteiger partial charge in [-0.2, -0.15) is 18.3 Å². The second-order valence-corrected chi connectivity index (χ2v) is 7.90. The molecule has 0 atom stereocenters. The third kappa shape index (κ3) is 4.57. The van der Waals surface area contributed by atoms with E-state index in [9.17, 15) is 27.2 Å². The number of halogens is 4. The van der Waals surface area contributed by atoms with Crippen molar-refractivity contribution in [2.24, 2.45) is 5.73 Å². The Bertz CT molecular complexity index is 1480. The Labute approximate surface area is 196 Å². The molecular weight excluding hydrogens is 466 g/mol. The Hall–Kier alpha value is -4.28. The van der Waals surface area contributed by atoms with E-state index in [1.807, 2.05) is 13.0 Å². The van der Waals surface area contributed by atoms with Gasteiger partial charge in [-0.15, -0.1) is 0 Å². The van der Waals surface area contributed by atoms with Crippen molar-refractivity contribution in [1.82, 2.24) is 14.8 Å². The number of hydrogen-bond donors (Lipinski definition) is 2. The zero-order chi connectivity index (χ0) is 25.5.